The summed E-state index contributed by atoms with van der Waals surface area (Å²) < 4.78 is 0. The highest BCUT2D eigenvalue weighted by atomic mass is 32.2. The number of hydrogen-bond acceptors (Lipinski definition) is 2. The van der Waals surface area contributed by atoms with E-state index >= 15 is 0 Å². The summed E-state index contributed by atoms with van der Waals surface area (Å²) in [5.74, 6) is 4.75. The van der Waals surface area contributed by atoms with E-state index in [4.69, 9.17) is 0 Å². The van der Waals surface area contributed by atoms with Crippen LogP contribution in [0.3, 0.4) is 0 Å². The van der Waals surface area contributed by atoms with E-state index < -0.39 is 0 Å². The van der Waals surface area contributed by atoms with Gasteiger partial charge in [0, 0.05) is 11.8 Å². The number of rotatable bonds is 3. The molecule has 1 aliphatic heterocycles. The molecule has 0 radical (unpaired) electrons. The molecule has 0 spiro atoms. The Bertz CT molecular complexity index is 143. The van der Waals surface area contributed by atoms with Crippen molar-refractivity contribution in [1.29, 1.82) is 0 Å². The van der Waals surface area contributed by atoms with E-state index in [1.165, 1.54) is 37.3 Å². The van der Waals surface area contributed by atoms with Crippen LogP contribution in [-0.2, 0) is 0 Å². The first-order valence-electron chi connectivity index (χ1n) is 5.17. The molecular formula is C10H19NS. The minimum atomic E-state index is 0.830. The first-order valence-corrected chi connectivity index (χ1v) is 6.33. The van der Waals surface area contributed by atoms with E-state index in [2.05, 4.69) is 24.0 Å². The Kier molecular flexibility index (Phi) is 2.97. The standard InChI is InChI=1S/C10H19NS/c1-8-5-9(8)6-11-10-3-2-4-12-7-10/h8-11H,2-7H2,1H3. The zero-order valence-corrected chi connectivity index (χ0v) is 8.70. The molecule has 2 fully saturated rings. The summed E-state index contributed by atoms with van der Waals surface area (Å²) in [5, 5.41) is 3.69. The molecule has 1 saturated heterocycles. The van der Waals surface area contributed by atoms with Gasteiger partial charge >= 0.3 is 0 Å². The molecule has 1 aliphatic carbocycles. The number of hydrogen-bond donors (Lipinski definition) is 1. The summed E-state index contributed by atoms with van der Waals surface area (Å²) >= 11 is 2.11. The molecule has 1 N–H and O–H groups in total. The predicted molar refractivity (Wildman–Crippen MR) is 55.6 cm³/mol. The molecule has 0 bridgehead atoms. The molecule has 12 heavy (non-hydrogen) atoms. The van der Waals surface area contributed by atoms with Crippen molar-refractivity contribution in [2.24, 2.45) is 11.8 Å². The first kappa shape index (κ1) is 8.89. The van der Waals surface area contributed by atoms with Crippen molar-refractivity contribution >= 4 is 11.8 Å². The van der Waals surface area contributed by atoms with E-state index in [0.29, 0.717) is 0 Å². The van der Waals surface area contributed by atoms with Gasteiger partial charge in [0.25, 0.3) is 0 Å². The van der Waals surface area contributed by atoms with Crippen molar-refractivity contribution in [3.63, 3.8) is 0 Å². The molecule has 1 nitrogen and oxygen atoms in total. The molecule has 1 saturated carbocycles. The van der Waals surface area contributed by atoms with Crippen LogP contribution in [0.5, 0.6) is 0 Å². The van der Waals surface area contributed by atoms with Gasteiger partial charge in [-0.15, -0.1) is 0 Å². The monoisotopic (exact) mass is 185 g/mol. The molecule has 2 rings (SSSR count). The van der Waals surface area contributed by atoms with E-state index in [9.17, 15) is 0 Å². The average molecular weight is 185 g/mol. The Labute approximate surface area is 79.7 Å². The lowest BCUT2D eigenvalue weighted by atomic mass is 10.2. The topological polar surface area (TPSA) is 12.0 Å². The Morgan fingerprint density at radius 2 is 2.33 bits per heavy atom. The minimum absolute atomic E-state index is 0.830. The van der Waals surface area contributed by atoms with Gasteiger partial charge in [0.1, 0.15) is 0 Å². The zero-order chi connectivity index (χ0) is 8.39. The molecule has 2 heteroatoms. The maximum atomic E-state index is 3.69. The maximum Gasteiger partial charge on any atom is 0.0158 e. The fraction of sp³-hybridized carbons (Fsp3) is 1.00. The lowest BCUT2D eigenvalue weighted by Gasteiger charge is -2.22. The first-order chi connectivity index (χ1) is 5.86. The summed E-state index contributed by atoms with van der Waals surface area (Å²) in [6, 6.07) is 0.830. The summed E-state index contributed by atoms with van der Waals surface area (Å²) in [6.07, 6.45) is 4.30. The van der Waals surface area contributed by atoms with Gasteiger partial charge in [-0.3, -0.25) is 0 Å². The Morgan fingerprint density at radius 1 is 1.50 bits per heavy atom. The third-order valence-electron chi connectivity index (χ3n) is 3.11. The van der Waals surface area contributed by atoms with Gasteiger partial charge in [0.05, 0.1) is 0 Å². The van der Waals surface area contributed by atoms with Crippen LogP contribution in [0.15, 0.2) is 0 Å². The van der Waals surface area contributed by atoms with Gasteiger partial charge in [-0.1, -0.05) is 6.92 Å². The van der Waals surface area contributed by atoms with Gasteiger partial charge in [-0.25, -0.2) is 0 Å². The van der Waals surface area contributed by atoms with Crippen LogP contribution in [0.2, 0.25) is 0 Å². The second-order valence-corrected chi connectivity index (χ2v) is 5.45. The van der Waals surface area contributed by atoms with Crippen molar-refractivity contribution in [3.8, 4) is 0 Å². The second-order valence-electron chi connectivity index (χ2n) is 4.30. The third-order valence-corrected chi connectivity index (χ3v) is 4.32. The predicted octanol–water partition coefficient (Wildman–Crippen LogP) is 2.13. The fourth-order valence-corrected chi connectivity index (χ4v) is 3.01. The van der Waals surface area contributed by atoms with Crippen LogP contribution in [-0.4, -0.2) is 24.1 Å². The SMILES string of the molecule is CC1CC1CNC1CCCSC1. The second kappa shape index (κ2) is 4.01. The lowest BCUT2D eigenvalue weighted by Crippen LogP contribution is -2.35. The highest BCUT2D eigenvalue weighted by molar-refractivity contribution is 7.99. The Hall–Kier alpha value is 0.310. The quantitative estimate of drug-likeness (QED) is 0.723. The maximum absolute atomic E-state index is 3.69. The van der Waals surface area contributed by atoms with E-state index in [0.717, 1.165) is 17.9 Å². The smallest absolute Gasteiger partial charge is 0.0158 e. The fourth-order valence-electron chi connectivity index (χ4n) is 1.90. The lowest BCUT2D eigenvalue weighted by molar-refractivity contribution is 0.486. The largest absolute Gasteiger partial charge is 0.313 e. The average Bonchev–Trinajstić information content (AvgIpc) is 2.81. The summed E-state index contributed by atoms with van der Waals surface area (Å²) in [6.45, 7) is 3.65. The molecule has 70 valence electrons. The molecule has 0 aromatic heterocycles. The summed E-state index contributed by atoms with van der Waals surface area (Å²) in [4.78, 5) is 0. The van der Waals surface area contributed by atoms with Gasteiger partial charge in [-0.05, 0) is 43.4 Å². The molecular weight excluding hydrogens is 166 g/mol. The molecule has 3 unspecified atom stereocenters. The highest BCUT2D eigenvalue weighted by Gasteiger charge is 2.32. The van der Waals surface area contributed by atoms with E-state index in [-0.39, 0.29) is 0 Å². The van der Waals surface area contributed by atoms with E-state index in [1.807, 2.05) is 0 Å². The van der Waals surface area contributed by atoms with Crippen molar-refractivity contribution in [2.75, 3.05) is 18.1 Å². The van der Waals surface area contributed by atoms with Crippen LogP contribution >= 0.6 is 11.8 Å². The molecule has 1 heterocycles. The van der Waals surface area contributed by atoms with Gasteiger partial charge < -0.3 is 5.32 Å². The molecule has 0 aromatic rings. The van der Waals surface area contributed by atoms with Crippen molar-refractivity contribution < 1.29 is 0 Å². The van der Waals surface area contributed by atoms with Crippen molar-refractivity contribution in [2.45, 2.75) is 32.2 Å². The van der Waals surface area contributed by atoms with E-state index in [1.54, 1.807) is 0 Å². The molecule has 2 aliphatic rings. The van der Waals surface area contributed by atoms with Gasteiger partial charge in [-0.2, -0.15) is 11.8 Å². The Morgan fingerprint density at radius 3 is 2.92 bits per heavy atom. The number of nitrogens with one attached hydrogen (secondary N) is 1. The van der Waals surface area contributed by atoms with Crippen LogP contribution in [0.1, 0.15) is 26.2 Å². The third kappa shape index (κ3) is 2.40. The highest BCUT2D eigenvalue weighted by Crippen LogP contribution is 2.37. The molecule has 0 aromatic carbocycles. The van der Waals surface area contributed by atoms with Crippen LogP contribution in [0.25, 0.3) is 0 Å². The minimum Gasteiger partial charge on any atom is -0.313 e. The Balaban J connectivity index is 1.59. The van der Waals surface area contributed by atoms with Crippen LogP contribution in [0, 0.1) is 11.8 Å². The van der Waals surface area contributed by atoms with Crippen LogP contribution in [0.4, 0.5) is 0 Å². The summed E-state index contributed by atoms with van der Waals surface area (Å²) in [7, 11) is 0. The normalized spacial score (nSPS) is 41.2. The van der Waals surface area contributed by atoms with Crippen LogP contribution < -0.4 is 5.32 Å². The number of thioether (sulfide) groups is 1. The van der Waals surface area contributed by atoms with Crippen molar-refractivity contribution in [3.05, 3.63) is 0 Å². The summed E-state index contributed by atoms with van der Waals surface area (Å²) in [5.41, 5.74) is 0. The molecule has 3 atom stereocenters. The van der Waals surface area contributed by atoms with Gasteiger partial charge in [0.2, 0.25) is 0 Å². The zero-order valence-electron chi connectivity index (χ0n) is 7.88. The van der Waals surface area contributed by atoms with Gasteiger partial charge in [0.15, 0.2) is 0 Å². The van der Waals surface area contributed by atoms with Crippen molar-refractivity contribution in [1.82, 2.24) is 5.32 Å². The molecule has 0 amide bonds.